The summed E-state index contributed by atoms with van der Waals surface area (Å²) in [6.45, 7) is 0. The molecule has 0 N–H and O–H groups in total. The molecule has 0 saturated carbocycles. The molecule has 89 heavy (non-hydrogen) atoms. The molecular weight excluding hydrogens is 1070 g/mol. The number of rotatable bonds is 13. The summed E-state index contributed by atoms with van der Waals surface area (Å²) >= 11 is 0. The van der Waals surface area contributed by atoms with Gasteiger partial charge in [0.1, 0.15) is 0 Å². The molecule has 0 amide bonds. The molecule has 2 aliphatic rings. The van der Waals surface area contributed by atoms with Gasteiger partial charge in [-0.2, -0.15) is 0 Å². The SMILES string of the molecule is C1=CCCC(N(c2ccccc2)c2ccc3c(c2)c2cc(C4C=CC=CC4)ccc2c2c(-c4ccc(N(c5ccccc5)c5cccc6ccccc56)cc4)c(-c4ccccc4)cc(-c4ccc(N(c5ccccc5)c5cccc6ccccc56)cc4)c32)=C1. The number of hydrogen-bond acceptors (Lipinski definition) is 3. The van der Waals surface area contributed by atoms with Gasteiger partial charge in [0, 0.05) is 56.5 Å². The lowest BCUT2D eigenvalue weighted by molar-refractivity contribution is 0.856. The van der Waals surface area contributed by atoms with Crippen LogP contribution >= 0.6 is 0 Å². The molecule has 16 rings (SSSR count). The zero-order valence-electron chi connectivity index (χ0n) is 49.4. The second kappa shape index (κ2) is 23.2. The minimum atomic E-state index is 0.258. The number of benzene rings is 14. The van der Waals surface area contributed by atoms with Gasteiger partial charge in [-0.25, -0.2) is 0 Å². The van der Waals surface area contributed by atoms with Gasteiger partial charge >= 0.3 is 0 Å². The van der Waals surface area contributed by atoms with Crippen LogP contribution in [0.25, 0.3) is 87.2 Å². The molecule has 0 aromatic heterocycles. The van der Waals surface area contributed by atoms with Crippen LogP contribution in [0.3, 0.4) is 0 Å². The van der Waals surface area contributed by atoms with Crippen molar-refractivity contribution < 1.29 is 0 Å². The van der Waals surface area contributed by atoms with Gasteiger partial charge in [0.05, 0.1) is 11.4 Å². The van der Waals surface area contributed by atoms with Crippen LogP contribution < -0.4 is 14.7 Å². The number of hydrogen-bond donors (Lipinski definition) is 0. The summed E-state index contributed by atoms with van der Waals surface area (Å²) < 4.78 is 0. The number of allylic oxidation sites excluding steroid dienone is 8. The van der Waals surface area contributed by atoms with Gasteiger partial charge in [-0.15, -0.1) is 0 Å². The summed E-state index contributed by atoms with van der Waals surface area (Å²) in [4.78, 5) is 7.29. The van der Waals surface area contributed by atoms with Gasteiger partial charge in [0.2, 0.25) is 0 Å². The van der Waals surface area contributed by atoms with Gasteiger partial charge in [0.15, 0.2) is 0 Å². The number of para-hydroxylation sites is 3. The molecule has 0 bridgehead atoms. The van der Waals surface area contributed by atoms with E-state index in [0.29, 0.717) is 0 Å². The van der Waals surface area contributed by atoms with E-state index in [0.717, 1.165) is 81.5 Å². The van der Waals surface area contributed by atoms with E-state index in [-0.39, 0.29) is 5.92 Å². The van der Waals surface area contributed by atoms with Crippen molar-refractivity contribution >= 4 is 99.4 Å². The van der Waals surface area contributed by atoms with Crippen LogP contribution in [0.1, 0.15) is 30.7 Å². The van der Waals surface area contributed by atoms with Gasteiger partial charge in [0.25, 0.3) is 0 Å². The van der Waals surface area contributed by atoms with Crippen LogP contribution in [-0.4, -0.2) is 0 Å². The fraction of sp³-hybridized carbons (Fsp3) is 0.0465. The van der Waals surface area contributed by atoms with Crippen molar-refractivity contribution in [1.29, 1.82) is 0 Å². The maximum Gasteiger partial charge on any atom is 0.0540 e. The Kier molecular flexibility index (Phi) is 13.9. The van der Waals surface area contributed by atoms with Crippen LogP contribution in [0.4, 0.5) is 45.5 Å². The Morgan fingerprint density at radius 3 is 1.38 bits per heavy atom. The average molecular weight is 1140 g/mol. The first-order chi connectivity index (χ1) is 44.2. The molecule has 1 unspecified atom stereocenters. The molecule has 0 aliphatic heterocycles. The minimum Gasteiger partial charge on any atom is -0.314 e. The summed E-state index contributed by atoms with van der Waals surface area (Å²) in [5, 5.41) is 12.2. The van der Waals surface area contributed by atoms with Crippen LogP contribution in [0, 0.1) is 0 Å². The Bertz CT molecular complexity index is 5070. The summed E-state index contributed by atoms with van der Waals surface area (Å²) in [7, 11) is 0. The first-order valence-electron chi connectivity index (χ1n) is 31.1. The number of anilines is 8. The van der Waals surface area contributed by atoms with Gasteiger partial charge in [-0.3, -0.25) is 0 Å². The van der Waals surface area contributed by atoms with Crippen LogP contribution in [0.5, 0.6) is 0 Å². The smallest absolute Gasteiger partial charge is 0.0540 e. The molecule has 0 spiro atoms. The third kappa shape index (κ3) is 9.84. The predicted octanol–water partition coefficient (Wildman–Crippen LogP) is 24.4. The molecule has 2 aliphatic carbocycles. The van der Waals surface area contributed by atoms with E-state index in [1.165, 1.54) is 81.8 Å². The largest absolute Gasteiger partial charge is 0.314 e. The molecule has 3 nitrogen and oxygen atoms in total. The lowest BCUT2D eigenvalue weighted by Gasteiger charge is -2.30. The van der Waals surface area contributed by atoms with E-state index in [1.54, 1.807) is 0 Å². The molecule has 0 radical (unpaired) electrons. The highest BCUT2D eigenvalue weighted by Gasteiger charge is 2.26. The molecular formula is C86H63N3. The Labute approximate surface area is 520 Å². The van der Waals surface area contributed by atoms with Crippen molar-refractivity contribution in [2.75, 3.05) is 14.7 Å². The molecule has 14 aromatic carbocycles. The molecule has 0 heterocycles. The highest BCUT2D eigenvalue weighted by atomic mass is 15.2. The standard InChI is InChI=1S/C86H63N3/c1-7-25-60(26-8-1)66-49-55-77-80(57-66)81-58-73(87(67-33-11-3-12-34-67)68-35-13-4-14-36-68)54-56-76(81)85-79(64-45-50-71(51-46-64)88(69-37-15-5-16-38-69)82-43-23-31-61-29-19-21-41-74(61)82)59-78(63-27-9-2-10-28-63)84(86(77)85)65-47-52-72(53-48-65)89(70-39-17-6-18-40-70)83-44-24-32-62-30-20-22-42-75(62)83/h1-13,15-25,27-35,37-60H,14,26,36H2. The van der Waals surface area contributed by atoms with Crippen molar-refractivity contribution in [1.82, 2.24) is 0 Å². The Balaban J connectivity index is 0.984. The van der Waals surface area contributed by atoms with Gasteiger partial charge in [-0.1, -0.05) is 237 Å². The van der Waals surface area contributed by atoms with Crippen molar-refractivity contribution in [3.8, 4) is 33.4 Å². The molecule has 14 aromatic rings. The molecule has 1 atom stereocenters. The lowest BCUT2D eigenvalue weighted by atomic mass is 9.80. The van der Waals surface area contributed by atoms with E-state index in [9.17, 15) is 0 Å². The van der Waals surface area contributed by atoms with E-state index in [4.69, 9.17) is 0 Å². The monoisotopic (exact) mass is 1140 g/mol. The number of nitrogens with zero attached hydrogens (tertiary/aromatic N) is 3. The molecule has 0 saturated heterocycles. The fourth-order valence-electron chi connectivity index (χ4n) is 14.0. The van der Waals surface area contributed by atoms with Crippen molar-refractivity contribution in [3.05, 3.63) is 351 Å². The third-order valence-electron chi connectivity index (χ3n) is 18.1. The normalized spacial score (nSPS) is 13.8. The molecule has 422 valence electrons. The average Bonchev–Trinajstić information content (AvgIpc) is 0.913. The van der Waals surface area contributed by atoms with Gasteiger partial charge in [-0.05, 0) is 204 Å². The van der Waals surface area contributed by atoms with E-state index >= 15 is 0 Å². The predicted molar refractivity (Wildman–Crippen MR) is 380 cm³/mol. The maximum absolute atomic E-state index is 2.52. The van der Waals surface area contributed by atoms with Crippen LogP contribution in [0.15, 0.2) is 345 Å². The minimum absolute atomic E-state index is 0.258. The maximum atomic E-state index is 2.52. The lowest BCUT2D eigenvalue weighted by Crippen LogP contribution is -2.17. The van der Waals surface area contributed by atoms with Crippen LogP contribution in [0.2, 0.25) is 0 Å². The Hall–Kier alpha value is -11.3. The third-order valence-corrected chi connectivity index (χ3v) is 18.1. The molecule has 3 heteroatoms. The van der Waals surface area contributed by atoms with Crippen molar-refractivity contribution in [3.63, 3.8) is 0 Å². The number of fused-ring (bicyclic) bond motifs is 8. The Morgan fingerprint density at radius 2 is 0.798 bits per heavy atom. The fourth-order valence-corrected chi connectivity index (χ4v) is 14.0. The van der Waals surface area contributed by atoms with E-state index in [2.05, 4.69) is 354 Å². The second-order valence-corrected chi connectivity index (χ2v) is 23.4. The van der Waals surface area contributed by atoms with Crippen molar-refractivity contribution in [2.45, 2.75) is 25.2 Å². The molecule has 0 fully saturated rings. The first-order valence-corrected chi connectivity index (χ1v) is 31.1. The van der Waals surface area contributed by atoms with E-state index in [1.807, 2.05) is 0 Å². The first kappa shape index (κ1) is 53.2. The quantitative estimate of drug-likeness (QED) is 0.107. The summed E-state index contributed by atoms with van der Waals surface area (Å²) in [6, 6.07) is 110. The summed E-state index contributed by atoms with van der Waals surface area (Å²) in [6.07, 6.45) is 18.8. The second-order valence-electron chi connectivity index (χ2n) is 23.4. The van der Waals surface area contributed by atoms with E-state index < -0.39 is 0 Å². The Morgan fingerprint density at radius 1 is 0.303 bits per heavy atom. The highest BCUT2D eigenvalue weighted by molar-refractivity contribution is 6.33. The highest BCUT2D eigenvalue weighted by Crippen LogP contribution is 2.52. The van der Waals surface area contributed by atoms with Crippen molar-refractivity contribution in [2.24, 2.45) is 0 Å². The topological polar surface area (TPSA) is 9.72 Å². The van der Waals surface area contributed by atoms with Gasteiger partial charge < -0.3 is 14.7 Å². The summed E-state index contributed by atoms with van der Waals surface area (Å²) in [5.41, 5.74) is 18.5. The summed E-state index contributed by atoms with van der Waals surface area (Å²) in [5.74, 6) is 0.258. The van der Waals surface area contributed by atoms with Crippen LogP contribution in [-0.2, 0) is 0 Å². The zero-order valence-corrected chi connectivity index (χ0v) is 49.4. The zero-order chi connectivity index (χ0) is 59.0.